The fourth-order valence-electron chi connectivity index (χ4n) is 2.71. The van der Waals surface area contributed by atoms with Crippen LogP contribution in [0.1, 0.15) is 23.3 Å². The Labute approximate surface area is 123 Å². The van der Waals surface area contributed by atoms with Crippen LogP contribution in [-0.2, 0) is 0 Å². The SMILES string of the molecule is O=C(c1cc(-c2ccccc2)on1)N1CCC(CCO)C1. The fourth-order valence-corrected chi connectivity index (χ4v) is 2.71. The van der Waals surface area contributed by atoms with Gasteiger partial charge >= 0.3 is 0 Å². The van der Waals surface area contributed by atoms with E-state index in [1.807, 2.05) is 30.3 Å². The van der Waals surface area contributed by atoms with Gasteiger partial charge in [-0.15, -0.1) is 0 Å². The summed E-state index contributed by atoms with van der Waals surface area (Å²) in [5, 5.41) is 12.9. The first-order valence-corrected chi connectivity index (χ1v) is 7.20. The summed E-state index contributed by atoms with van der Waals surface area (Å²) < 4.78 is 5.27. The summed E-state index contributed by atoms with van der Waals surface area (Å²) in [5.74, 6) is 0.894. The van der Waals surface area contributed by atoms with E-state index in [1.165, 1.54) is 0 Å². The highest BCUT2D eigenvalue weighted by Gasteiger charge is 2.28. The first-order valence-electron chi connectivity index (χ1n) is 7.20. The normalized spacial score (nSPS) is 18.1. The fraction of sp³-hybridized carbons (Fsp3) is 0.375. The van der Waals surface area contributed by atoms with E-state index in [4.69, 9.17) is 9.63 Å². The van der Waals surface area contributed by atoms with Crippen LogP contribution in [0.15, 0.2) is 40.9 Å². The lowest BCUT2D eigenvalue weighted by molar-refractivity contribution is 0.0774. The zero-order valence-electron chi connectivity index (χ0n) is 11.7. The summed E-state index contributed by atoms with van der Waals surface area (Å²) in [6.45, 7) is 1.58. The van der Waals surface area contributed by atoms with E-state index in [2.05, 4.69) is 5.16 Å². The molecule has 1 aliphatic rings. The minimum absolute atomic E-state index is 0.0960. The van der Waals surface area contributed by atoms with Crippen molar-refractivity contribution < 1.29 is 14.4 Å². The molecule has 1 N–H and O–H groups in total. The van der Waals surface area contributed by atoms with Crippen molar-refractivity contribution in [3.63, 3.8) is 0 Å². The quantitative estimate of drug-likeness (QED) is 0.935. The molecule has 1 saturated heterocycles. The van der Waals surface area contributed by atoms with Gasteiger partial charge in [0.1, 0.15) is 0 Å². The van der Waals surface area contributed by atoms with Crippen molar-refractivity contribution >= 4 is 5.91 Å². The molecule has 1 aromatic heterocycles. The van der Waals surface area contributed by atoms with Crippen molar-refractivity contribution in [2.24, 2.45) is 5.92 Å². The molecule has 1 aromatic carbocycles. The number of benzene rings is 1. The highest BCUT2D eigenvalue weighted by atomic mass is 16.5. The third-order valence-corrected chi connectivity index (χ3v) is 3.90. The molecule has 0 bridgehead atoms. The monoisotopic (exact) mass is 286 g/mol. The van der Waals surface area contributed by atoms with Gasteiger partial charge in [0.15, 0.2) is 11.5 Å². The lowest BCUT2D eigenvalue weighted by Crippen LogP contribution is -2.29. The molecule has 110 valence electrons. The lowest BCUT2D eigenvalue weighted by Gasteiger charge is -2.14. The third-order valence-electron chi connectivity index (χ3n) is 3.90. The molecule has 2 heterocycles. The number of aliphatic hydroxyl groups excluding tert-OH is 1. The molecule has 3 rings (SSSR count). The highest BCUT2D eigenvalue weighted by Crippen LogP contribution is 2.23. The van der Waals surface area contributed by atoms with Crippen LogP contribution in [-0.4, -0.2) is 40.8 Å². The molecule has 0 spiro atoms. The molecule has 5 nitrogen and oxygen atoms in total. The topological polar surface area (TPSA) is 66.6 Å². The zero-order chi connectivity index (χ0) is 14.7. The second kappa shape index (κ2) is 6.10. The second-order valence-corrected chi connectivity index (χ2v) is 5.36. The maximum absolute atomic E-state index is 12.4. The van der Waals surface area contributed by atoms with Gasteiger partial charge in [0.25, 0.3) is 5.91 Å². The Balaban J connectivity index is 1.70. The maximum Gasteiger partial charge on any atom is 0.276 e. The Morgan fingerprint density at radius 2 is 2.19 bits per heavy atom. The Bertz CT molecular complexity index is 609. The average Bonchev–Trinajstić information content (AvgIpc) is 3.17. The van der Waals surface area contributed by atoms with Gasteiger partial charge in [0.05, 0.1) is 0 Å². The number of hydrogen-bond acceptors (Lipinski definition) is 4. The van der Waals surface area contributed by atoms with Gasteiger partial charge in [-0.2, -0.15) is 0 Å². The van der Waals surface area contributed by atoms with Gasteiger partial charge in [0.2, 0.25) is 0 Å². The third kappa shape index (κ3) is 2.97. The summed E-state index contributed by atoms with van der Waals surface area (Å²) >= 11 is 0. The zero-order valence-corrected chi connectivity index (χ0v) is 11.7. The number of aliphatic hydroxyl groups is 1. The number of aromatic nitrogens is 1. The van der Waals surface area contributed by atoms with Crippen molar-refractivity contribution in [3.05, 3.63) is 42.1 Å². The number of likely N-dealkylation sites (tertiary alicyclic amines) is 1. The van der Waals surface area contributed by atoms with E-state index >= 15 is 0 Å². The summed E-state index contributed by atoms with van der Waals surface area (Å²) in [6.07, 6.45) is 1.69. The maximum atomic E-state index is 12.4. The van der Waals surface area contributed by atoms with Crippen molar-refractivity contribution in [1.82, 2.24) is 10.1 Å². The molecule has 0 aliphatic carbocycles. The molecule has 1 fully saturated rings. The lowest BCUT2D eigenvalue weighted by atomic mass is 10.1. The molecular weight excluding hydrogens is 268 g/mol. The van der Waals surface area contributed by atoms with Crippen LogP contribution in [0.25, 0.3) is 11.3 Å². The predicted molar refractivity (Wildman–Crippen MR) is 77.7 cm³/mol. The summed E-state index contributed by atoms with van der Waals surface area (Å²) in [5.41, 5.74) is 1.25. The van der Waals surface area contributed by atoms with E-state index in [0.717, 1.165) is 24.9 Å². The number of rotatable bonds is 4. The molecule has 5 heteroatoms. The average molecular weight is 286 g/mol. The number of amides is 1. The number of hydrogen-bond donors (Lipinski definition) is 1. The Morgan fingerprint density at radius 1 is 1.38 bits per heavy atom. The number of nitrogens with zero attached hydrogens (tertiary/aromatic N) is 2. The van der Waals surface area contributed by atoms with Crippen molar-refractivity contribution in [2.45, 2.75) is 12.8 Å². The second-order valence-electron chi connectivity index (χ2n) is 5.36. The molecule has 21 heavy (non-hydrogen) atoms. The van der Waals surface area contributed by atoms with E-state index in [9.17, 15) is 4.79 Å². The number of carbonyl (C=O) groups excluding carboxylic acids is 1. The van der Waals surface area contributed by atoms with Crippen LogP contribution in [0, 0.1) is 5.92 Å². The van der Waals surface area contributed by atoms with Gasteiger partial charge in [-0.1, -0.05) is 35.5 Å². The van der Waals surface area contributed by atoms with E-state index in [1.54, 1.807) is 11.0 Å². The van der Waals surface area contributed by atoms with Crippen LogP contribution in [0.3, 0.4) is 0 Å². The van der Waals surface area contributed by atoms with Gasteiger partial charge in [-0.25, -0.2) is 0 Å². The van der Waals surface area contributed by atoms with Crippen LogP contribution >= 0.6 is 0 Å². The molecule has 1 amide bonds. The standard InChI is InChI=1S/C16H18N2O3/c19-9-7-12-6-8-18(11-12)16(20)14-10-15(21-17-14)13-4-2-1-3-5-13/h1-5,10,12,19H,6-9,11H2. The summed E-state index contributed by atoms with van der Waals surface area (Å²) in [4.78, 5) is 14.2. The van der Waals surface area contributed by atoms with Crippen molar-refractivity contribution in [1.29, 1.82) is 0 Å². The van der Waals surface area contributed by atoms with Crippen LogP contribution < -0.4 is 0 Å². The predicted octanol–water partition coefficient (Wildman–Crippen LogP) is 2.19. The Morgan fingerprint density at radius 3 is 2.95 bits per heavy atom. The minimum atomic E-state index is -0.0960. The van der Waals surface area contributed by atoms with Crippen molar-refractivity contribution in [3.8, 4) is 11.3 Å². The van der Waals surface area contributed by atoms with E-state index in [-0.39, 0.29) is 12.5 Å². The van der Waals surface area contributed by atoms with Gasteiger partial charge in [0, 0.05) is 31.3 Å². The molecule has 1 unspecified atom stereocenters. The van der Waals surface area contributed by atoms with Gasteiger partial charge < -0.3 is 14.5 Å². The molecular formula is C16H18N2O3. The Hall–Kier alpha value is -2.14. The molecule has 1 aliphatic heterocycles. The van der Waals surface area contributed by atoms with Gasteiger partial charge in [-0.3, -0.25) is 4.79 Å². The first-order chi connectivity index (χ1) is 10.3. The molecule has 0 radical (unpaired) electrons. The van der Waals surface area contributed by atoms with Crippen molar-refractivity contribution in [2.75, 3.05) is 19.7 Å². The van der Waals surface area contributed by atoms with Gasteiger partial charge in [-0.05, 0) is 18.8 Å². The first kappa shape index (κ1) is 13.8. The van der Waals surface area contributed by atoms with Crippen LogP contribution in [0.5, 0.6) is 0 Å². The smallest absolute Gasteiger partial charge is 0.276 e. The minimum Gasteiger partial charge on any atom is -0.396 e. The highest BCUT2D eigenvalue weighted by molar-refractivity contribution is 5.93. The van der Waals surface area contributed by atoms with Crippen LogP contribution in [0.4, 0.5) is 0 Å². The summed E-state index contributed by atoms with van der Waals surface area (Å²) in [7, 11) is 0. The molecule has 1 atom stereocenters. The van der Waals surface area contributed by atoms with E-state index < -0.39 is 0 Å². The summed E-state index contributed by atoms with van der Waals surface area (Å²) in [6, 6.07) is 11.3. The molecule has 0 saturated carbocycles. The molecule has 2 aromatic rings. The largest absolute Gasteiger partial charge is 0.396 e. The number of carbonyl (C=O) groups is 1. The van der Waals surface area contributed by atoms with Crippen LogP contribution in [0.2, 0.25) is 0 Å². The van der Waals surface area contributed by atoms with E-state index in [0.29, 0.717) is 23.9 Å². The Kier molecular flexibility index (Phi) is 4.01.